The van der Waals surface area contributed by atoms with E-state index in [2.05, 4.69) is 17.4 Å². The smallest absolute Gasteiger partial charge is 0.138 e. The molecule has 0 aliphatic heterocycles. The van der Waals surface area contributed by atoms with E-state index in [-0.39, 0.29) is 6.04 Å². The number of hydrogen-bond donors (Lipinski definition) is 1. The number of rotatable bonds is 9. The molecular formula is C13H24N2O3. The fourth-order valence-electron chi connectivity index (χ4n) is 1.97. The number of aryl methyl sites for hydroxylation is 2. The number of ether oxygens (including phenoxy) is 2. The molecule has 0 aromatic carbocycles. The highest BCUT2D eigenvalue weighted by Gasteiger charge is 2.15. The molecule has 1 unspecified atom stereocenters. The number of nitrogens with zero attached hydrogens (tertiary/aromatic N) is 1. The molecule has 1 aromatic heterocycles. The zero-order valence-corrected chi connectivity index (χ0v) is 11.8. The molecule has 0 saturated heterocycles. The first-order valence-electron chi connectivity index (χ1n) is 6.39. The Morgan fingerprint density at radius 2 is 2.06 bits per heavy atom. The molecule has 0 amide bonds. The van der Waals surface area contributed by atoms with E-state index in [1.54, 1.807) is 7.11 Å². The molecular weight excluding hydrogens is 232 g/mol. The Labute approximate surface area is 109 Å². The predicted molar refractivity (Wildman–Crippen MR) is 69.7 cm³/mol. The van der Waals surface area contributed by atoms with Gasteiger partial charge in [-0.15, -0.1) is 0 Å². The Morgan fingerprint density at radius 3 is 2.67 bits per heavy atom. The third-order valence-corrected chi connectivity index (χ3v) is 2.86. The predicted octanol–water partition coefficient (Wildman–Crippen LogP) is 2.00. The SMILES string of the molecule is COCCCOCCNC(C)c1c(C)noc1C. The van der Waals surface area contributed by atoms with Crippen LogP contribution in [0.2, 0.25) is 0 Å². The first-order chi connectivity index (χ1) is 8.66. The summed E-state index contributed by atoms with van der Waals surface area (Å²) in [7, 11) is 1.70. The highest BCUT2D eigenvalue weighted by atomic mass is 16.5. The van der Waals surface area contributed by atoms with Crippen molar-refractivity contribution in [2.45, 2.75) is 33.2 Å². The summed E-state index contributed by atoms with van der Waals surface area (Å²) in [6.45, 7) is 9.03. The molecule has 1 rings (SSSR count). The Bertz CT molecular complexity index is 319. The highest BCUT2D eigenvalue weighted by Crippen LogP contribution is 2.20. The monoisotopic (exact) mass is 256 g/mol. The minimum atomic E-state index is 0.235. The van der Waals surface area contributed by atoms with Crippen molar-refractivity contribution >= 4 is 0 Å². The maximum atomic E-state index is 5.48. The molecule has 1 heterocycles. The average molecular weight is 256 g/mol. The van der Waals surface area contributed by atoms with Gasteiger partial charge >= 0.3 is 0 Å². The largest absolute Gasteiger partial charge is 0.385 e. The maximum Gasteiger partial charge on any atom is 0.138 e. The lowest BCUT2D eigenvalue weighted by atomic mass is 10.1. The van der Waals surface area contributed by atoms with Gasteiger partial charge in [0.15, 0.2) is 0 Å². The van der Waals surface area contributed by atoms with Gasteiger partial charge in [-0.2, -0.15) is 0 Å². The summed E-state index contributed by atoms with van der Waals surface area (Å²) in [6.07, 6.45) is 0.940. The van der Waals surface area contributed by atoms with Crippen molar-refractivity contribution in [3.05, 3.63) is 17.0 Å². The van der Waals surface area contributed by atoms with E-state index < -0.39 is 0 Å². The summed E-state index contributed by atoms with van der Waals surface area (Å²) in [5.74, 6) is 0.883. The molecule has 0 bridgehead atoms. The normalized spacial score (nSPS) is 12.9. The van der Waals surface area contributed by atoms with Crippen LogP contribution in [0.1, 0.15) is 36.4 Å². The van der Waals surface area contributed by atoms with Crippen molar-refractivity contribution in [3.63, 3.8) is 0 Å². The molecule has 1 aromatic rings. The summed E-state index contributed by atoms with van der Waals surface area (Å²) in [5.41, 5.74) is 2.10. The third-order valence-electron chi connectivity index (χ3n) is 2.86. The molecule has 104 valence electrons. The minimum Gasteiger partial charge on any atom is -0.385 e. The van der Waals surface area contributed by atoms with Crippen LogP contribution in [0.4, 0.5) is 0 Å². The third kappa shape index (κ3) is 4.76. The topological polar surface area (TPSA) is 56.5 Å². The van der Waals surface area contributed by atoms with Crippen molar-refractivity contribution in [3.8, 4) is 0 Å². The fourth-order valence-corrected chi connectivity index (χ4v) is 1.97. The standard InChI is InChI=1S/C13H24N2O3/c1-10(13-11(2)15-18-12(13)3)14-6-9-17-8-5-7-16-4/h10,14H,5-9H2,1-4H3. The van der Waals surface area contributed by atoms with Gasteiger partial charge in [-0.1, -0.05) is 5.16 Å². The summed E-state index contributed by atoms with van der Waals surface area (Å²) in [6, 6.07) is 0.235. The van der Waals surface area contributed by atoms with Crippen molar-refractivity contribution in [2.75, 3.05) is 33.5 Å². The zero-order chi connectivity index (χ0) is 13.4. The van der Waals surface area contributed by atoms with E-state index >= 15 is 0 Å². The van der Waals surface area contributed by atoms with Crippen molar-refractivity contribution in [1.29, 1.82) is 0 Å². The molecule has 0 fully saturated rings. The highest BCUT2D eigenvalue weighted by molar-refractivity contribution is 5.24. The molecule has 18 heavy (non-hydrogen) atoms. The second kappa shape index (κ2) is 8.24. The van der Waals surface area contributed by atoms with Gasteiger partial charge in [0.1, 0.15) is 5.76 Å². The van der Waals surface area contributed by atoms with Gasteiger partial charge in [-0.25, -0.2) is 0 Å². The van der Waals surface area contributed by atoms with Crippen molar-refractivity contribution in [1.82, 2.24) is 10.5 Å². The lowest BCUT2D eigenvalue weighted by Gasteiger charge is -2.13. The zero-order valence-electron chi connectivity index (χ0n) is 11.8. The fraction of sp³-hybridized carbons (Fsp3) is 0.769. The number of aromatic nitrogens is 1. The summed E-state index contributed by atoms with van der Waals surface area (Å²) in [5, 5.41) is 7.36. The second-order valence-electron chi connectivity index (χ2n) is 4.37. The molecule has 0 spiro atoms. The van der Waals surface area contributed by atoms with E-state index in [1.807, 2.05) is 13.8 Å². The summed E-state index contributed by atoms with van der Waals surface area (Å²) in [4.78, 5) is 0. The quantitative estimate of drug-likeness (QED) is 0.685. The molecule has 0 aliphatic carbocycles. The number of methoxy groups -OCH3 is 1. The van der Waals surface area contributed by atoms with Crippen LogP contribution < -0.4 is 5.32 Å². The Kier molecular flexibility index (Phi) is 6.93. The van der Waals surface area contributed by atoms with Crippen LogP contribution in [0.15, 0.2) is 4.52 Å². The van der Waals surface area contributed by atoms with Crippen LogP contribution in [0.3, 0.4) is 0 Å². The molecule has 5 nitrogen and oxygen atoms in total. The Balaban J connectivity index is 2.16. The maximum absolute atomic E-state index is 5.48. The van der Waals surface area contributed by atoms with Gasteiger partial charge < -0.3 is 19.3 Å². The number of nitrogens with one attached hydrogen (secondary N) is 1. The lowest BCUT2D eigenvalue weighted by Crippen LogP contribution is -2.24. The van der Waals surface area contributed by atoms with Crippen LogP contribution in [0, 0.1) is 13.8 Å². The van der Waals surface area contributed by atoms with Gasteiger partial charge in [0.25, 0.3) is 0 Å². The Hall–Kier alpha value is -0.910. The lowest BCUT2D eigenvalue weighted by molar-refractivity contribution is 0.103. The van der Waals surface area contributed by atoms with Gasteiger partial charge in [0.2, 0.25) is 0 Å². The van der Waals surface area contributed by atoms with Gasteiger partial charge in [0, 0.05) is 38.5 Å². The van der Waals surface area contributed by atoms with E-state index in [0.717, 1.165) is 43.2 Å². The minimum absolute atomic E-state index is 0.235. The molecule has 0 aliphatic rings. The molecule has 1 N–H and O–H groups in total. The van der Waals surface area contributed by atoms with Crippen LogP contribution >= 0.6 is 0 Å². The molecule has 5 heteroatoms. The van der Waals surface area contributed by atoms with Crippen molar-refractivity contribution < 1.29 is 14.0 Å². The molecule has 1 atom stereocenters. The van der Waals surface area contributed by atoms with E-state index in [4.69, 9.17) is 14.0 Å². The molecule has 0 radical (unpaired) electrons. The van der Waals surface area contributed by atoms with Crippen molar-refractivity contribution in [2.24, 2.45) is 0 Å². The van der Waals surface area contributed by atoms with Crippen LogP contribution in [-0.2, 0) is 9.47 Å². The summed E-state index contributed by atoms with van der Waals surface area (Å²) >= 11 is 0. The first-order valence-corrected chi connectivity index (χ1v) is 6.39. The van der Waals surface area contributed by atoms with E-state index in [9.17, 15) is 0 Å². The van der Waals surface area contributed by atoms with Crippen LogP contribution in [-0.4, -0.2) is 38.6 Å². The van der Waals surface area contributed by atoms with Crippen LogP contribution in [0.5, 0.6) is 0 Å². The molecule has 0 saturated carbocycles. The summed E-state index contributed by atoms with van der Waals surface area (Å²) < 4.78 is 15.6. The van der Waals surface area contributed by atoms with Gasteiger partial charge in [-0.3, -0.25) is 0 Å². The first kappa shape index (κ1) is 15.1. The van der Waals surface area contributed by atoms with Crippen LogP contribution in [0.25, 0.3) is 0 Å². The second-order valence-corrected chi connectivity index (χ2v) is 4.37. The van der Waals surface area contributed by atoms with E-state index in [0.29, 0.717) is 6.61 Å². The average Bonchev–Trinajstić information content (AvgIpc) is 2.68. The van der Waals surface area contributed by atoms with E-state index in [1.165, 1.54) is 0 Å². The Morgan fingerprint density at radius 1 is 1.28 bits per heavy atom. The number of hydrogen-bond acceptors (Lipinski definition) is 5. The van der Waals surface area contributed by atoms with Gasteiger partial charge in [0.05, 0.1) is 12.3 Å². The van der Waals surface area contributed by atoms with Gasteiger partial charge in [-0.05, 0) is 27.2 Å².